The highest BCUT2D eigenvalue weighted by Gasteiger charge is 2.33. The summed E-state index contributed by atoms with van der Waals surface area (Å²) in [6.07, 6.45) is 4.36. The van der Waals surface area contributed by atoms with E-state index in [0.29, 0.717) is 49.0 Å². The third-order valence-corrected chi connectivity index (χ3v) is 6.60. The summed E-state index contributed by atoms with van der Waals surface area (Å²) in [4.78, 5) is 37.7. The van der Waals surface area contributed by atoms with Gasteiger partial charge in [-0.25, -0.2) is 9.97 Å². The van der Waals surface area contributed by atoms with Crippen molar-refractivity contribution in [3.8, 4) is 0 Å². The molecule has 1 unspecified atom stereocenters. The molecule has 0 radical (unpaired) electrons. The summed E-state index contributed by atoms with van der Waals surface area (Å²) in [6.45, 7) is 5.12. The van der Waals surface area contributed by atoms with Crippen molar-refractivity contribution in [2.45, 2.75) is 43.8 Å². The van der Waals surface area contributed by atoms with Crippen molar-refractivity contribution in [1.29, 1.82) is 0 Å². The van der Waals surface area contributed by atoms with E-state index in [1.165, 1.54) is 11.8 Å². The molecule has 2 aliphatic rings. The summed E-state index contributed by atoms with van der Waals surface area (Å²) < 4.78 is 4.92. The highest BCUT2D eigenvalue weighted by molar-refractivity contribution is 7.99. The van der Waals surface area contributed by atoms with Gasteiger partial charge in [0, 0.05) is 51.3 Å². The van der Waals surface area contributed by atoms with Crippen molar-refractivity contribution >= 4 is 41.0 Å². The Morgan fingerprint density at radius 2 is 2.07 bits per heavy atom. The predicted molar refractivity (Wildman–Crippen MR) is 118 cm³/mol. The number of hydrogen-bond acceptors (Lipinski definition) is 7. The topological polar surface area (TPSA) is 87.7 Å². The largest absolute Gasteiger partial charge is 0.383 e. The molecule has 0 aromatic carbocycles. The lowest BCUT2D eigenvalue weighted by Gasteiger charge is -2.41. The Balaban J connectivity index is 1.57. The van der Waals surface area contributed by atoms with E-state index in [4.69, 9.17) is 16.3 Å². The monoisotopic (exact) mass is 455 g/mol. The number of hydrogen-bond donors (Lipinski definition) is 1. The van der Waals surface area contributed by atoms with Crippen molar-refractivity contribution in [2.75, 3.05) is 50.5 Å². The van der Waals surface area contributed by atoms with Gasteiger partial charge in [0.2, 0.25) is 11.8 Å². The number of carbonyl (C=O) groups is 2. The fraction of sp³-hybridized carbons (Fsp3) is 0.700. The van der Waals surface area contributed by atoms with Crippen LogP contribution in [-0.2, 0) is 14.3 Å². The van der Waals surface area contributed by atoms with E-state index in [1.807, 2.05) is 4.90 Å². The van der Waals surface area contributed by atoms with E-state index < -0.39 is 0 Å². The molecule has 2 amide bonds. The molecule has 1 saturated heterocycles. The first-order chi connectivity index (χ1) is 14.5. The van der Waals surface area contributed by atoms with Crippen LogP contribution in [0.5, 0.6) is 0 Å². The van der Waals surface area contributed by atoms with Crippen molar-refractivity contribution in [3.05, 3.63) is 11.2 Å². The van der Waals surface area contributed by atoms with Crippen LogP contribution in [0, 0.1) is 5.92 Å². The fourth-order valence-corrected chi connectivity index (χ4v) is 4.90. The van der Waals surface area contributed by atoms with Crippen molar-refractivity contribution in [1.82, 2.24) is 20.2 Å². The van der Waals surface area contributed by atoms with Gasteiger partial charge in [-0.15, -0.1) is 0 Å². The second kappa shape index (κ2) is 11.2. The Labute approximate surface area is 187 Å². The summed E-state index contributed by atoms with van der Waals surface area (Å²) in [7, 11) is 1.59. The molecule has 0 bridgehead atoms. The van der Waals surface area contributed by atoms with Crippen LogP contribution >= 0.6 is 23.4 Å². The molecule has 2 fully saturated rings. The second-order valence-corrected chi connectivity index (χ2v) is 9.10. The molecule has 0 spiro atoms. The summed E-state index contributed by atoms with van der Waals surface area (Å²) in [5, 5.41) is 3.59. The van der Waals surface area contributed by atoms with Gasteiger partial charge in [-0.05, 0) is 19.8 Å². The Kier molecular flexibility index (Phi) is 8.59. The third-order valence-electron chi connectivity index (χ3n) is 5.56. The maximum atomic E-state index is 12.8. The number of piperazine rings is 1. The molecule has 1 atom stereocenters. The average Bonchev–Trinajstić information content (AvgIpc) is 3.26. The number of anilines is 1. The van der Waals surface area contributed by atoms with Crippen LogP contribution in [0.4, 0.5) is 5.82 Å². The maximum absolute atomic E-state index is 12.8. The molecule has 3 rings (SSSR count). The van der Waals surface area contributed by atoms with Gasteiger partial charge in [0.05, 0.1) is 12.4 Å². The van der Waals surface area contributed by atoms with Crippen LogP contribution in [0.25, 0.3) is 0 Å². The van der Waals surface area contributed by atoms with Gasteiger partial charge in [0.1, 0.15) is 11.0 Å². The number of thioether (sulfide) groups is 1. The first-order valence-electron chi connectivity index (χ1n) is 10.5. The van der Waals surface area contributed by atoms with E-state index in [1.54, 1.807) is 13.2 Å². The van der Waals surface area contributed by atoms with E-state index in [9.17, 15) is 9.59 Å². The molecule has 166 valence electrons. The minimum Gasteiger partial charge on any atom is -0.383 e. The summed E-state index contributed by atoms with van der Waals surface area (Å²) in [6, 6.07) is 1.86. The van der Waals surface area contributed by atoms with Gasteiger partial charge in [-0.1, -0.05) is 36.2 Å². The van der Waals surface area contributed by atoms with Crippen LogP contribution in [0.2, 0.25) is 5.15 Å². The van der Waals surface area contributed by atoms with Gasteiger partial charge in [0.25, 0.3) is 0 Å². The molecule has 1 aliphatic heterocycles. The molecule has 1 saturated carbocycles. The molecule has 1 aliphatic carbocycles. The highest BCUT2D eigenvalue weighted by atomic mass is 35.5. The zero-order chi connectivity index (χ0) is 21.5. The number of halogens is 1. The number of nitrogens with zero attached hydrogens (tertiary/aromatic N) is 4. The number of nitrogens with one attached hydrogen (secondary N) is 1. The number of methoxy groups -OCH3 is 1. The minimum absolute atomic E-state index is 0.102. The number of carbonyl (C=O) groups excluding carboxylic acids is 2. The van der Waals surface area contributed by atoms with Crippen molar-refractivity contribution in [3.63, 3.8) is 0 Å². The van der Waals surface area contributed by atoms with Crippen molar-refractivity contribution < 1.29 is 14.3 Å². The molecule has 1 aromatic rings. The Morgan fingerprint density at radius 3 is 2.77 bits per heavy atom. The molecule has 2 heterocycles. The summed E-state index contributed by atoms with van der Waals surface area (Å²) in [5.41, 5.74) is 0. The summed E-state index contributed by atoms with van der Waals surface area (Å²) >= 11 is 7.47. The van der Waals surface area contributed by atoms with Crippen LogP contribution in [0.3, 0.4) is 0 Å². The zero-order valence-electron chi connectivity index (χ0n) is 17.6. The number of aromatic nitrogens is 2. The van der Waals surface area contributed by atoms with Crippen molar-refractivity contribution in [2.24, 2.45) is 5.92 Å². The molecule has 30 heavy (non-hydrogen) atoms. The minimum atomic E-state index is -0.102. The molecule has 1 N–H and O–H groups in total. The standard InChI is InChI=1S/C20H30ClN5O3S/c1-14-12-25(8-9-26(14)19(28)15-5-3-4-6-15)17-11-16(21)23-20(24-17)30-13-18(27)22-7-10-29-2/h11,14-15H,3-10,12-13H2,1-2H3,(H,22,27). The second-order valence-electron chi connectivity index (χ2n) is 7.77. The maximum Gasteiger partial charge on any atom is 0.230 e. The van der Waals surface area contributed by atoms with Gasteiger partial charge in [-0.3, -0.25) is 9.59 Å². The first kappa shape index (κ1) is 23.1. The molecular formula is C20H30ClN5O3S. The SMILES string of the molecule is COCCNC(=O)CSc1nc(Cl)cc(N2CCN(C(=O)C3CCCC3)C(C)C2)n1. The molecule has 10 heteroatoms. The Bertz CT molecular complexity index is 747. The van der Waals surface area contributed by atoms with E-state index in [-0.39, 0.29) is 23.6 Å². The Morgan fingerprint density at radius 1 is 1.30 bits per heavy atom. The lowest BCUT2D eigenvalue weighted by atomic mass is 10.0. The average molecular weight is 456 g/mol. The molecular weight excluding hydrogens is 426 g/mol. The number of ether oxygens (including phenoxy) is 1. The normalized spacial score (nSPS) is 19.9. The smallest absolute Gasteiger partial charge is 0.230 e. The Hall–Kier alpha value is -1.58. The lowest BCUT2D eigenvalue weighted by Crippen LogP contribution is -2.55. The first-order valence-corrected chi connectivity index (χ1v) is 11.8. The third kappa shape index (κ3) is 6.21. The number of rotatable bonds is 8. The molecule has 1 aromatic heterocycles. The van der Waals surface area contributed by atoms with E-state index >= 15 is 0 Å². The fourth-order valence-electron chi connectivity index (χ4n) is 3.99. The zero-order valence-corrected chi connectivity index (χ0v) is 19.2. The lowest BCUT2D eigenvalue weighted by molar-refractivity contribution is -0.137. The van der Waals surface area contributed by atoms with E-state index in [2.05, 4.69) is 27.1 Å². The van der Waals surface area contributed by atoms with Crippen LogP contribution in [0.15, 0.2) is 11.2 Å². The highest BCUT2D eigenvalue weighted by Crippen LogP contribution is 2.29. The number of amides is 2. The van der Waals surface area contributed by atoms with Crippen LogP contribution in [-0.4, -0.2) is 78.4 Å². The summed E-state index contributed by atoms with van der Waals surface area (Å²) in [5.74, 6) is 1.34. The van der Waals surface area contributed by atoms with Crippen LogP contribution in [0.1, 0.15) is 32.6 Å². The van der Waals surface area contributed by atoms with Crippen LogP contribution < -0.4 is 10.2 Å². The molecule has 8 nitrogen and oxygen atoms in total. The quantitative estimate of drug-likeness (QED) is 0.278. The van der Waals surface area contributed by atoms with Gasteiger partial charge in [0.15, 0.2) is 5.16 Å². The van der Waals surface area contributed by atoms with Gasteiger partial charge in [-0.2, -0.15) is 0 Å². The van der Waals surface area contributed by atoms with Gasteiger partial charge < -0.3 is 19.9 Å². The predicted octanol–water partition coefficient (Wildman–Crippen LogP) is 2.21. The van der Waals surface area contributed by atoms with E-state index in [0.717, 1.165) is 31.5 Å². The van der Waals surface area contributed by atoms with Gasteiger partial charge >= 0.3 is 0 Å².